The Kier molecular flexibility index (Phi) is 13.8. The Hall–Kier alpha value is -4.96. The summed E-state index contributed by atoms with van der Waals surface area (Å²) in [6.07, 6.45) is -1.33. The molecule has 0 heterocycles. The molecule has 0 radical (unpaired) electrons. The summed E-state index contributed by atoms with van der Waals surface area (Å²) in [7, 11) is 5.37. The van der Waals surface area contributed by atoms with E-state index in [0.717, 1.165) is 0 Å². The fourth-order valence-electron chi connectivity index (χ4n) is 3.08. The molecule has 41 heavy (non-hydrogen) atoms. The van der Waals surface area contributed by atoms with E-state index in [2.05, 4.69) is 29.6 Å². The normalized spacial score (nSPS) is 10.0. The maximum Gasteiger partial charge on any atom is 0.543 e. The van der Waals surface area contributed by atoms with E-state index >= 15 is 0 Å². The van der Waals surface area contributed by atoms with Gasteiger partial charge in [-0.25, -0.2) is 29.0 Å². The van der Waals surface area contributed by atoms with E-state index in [1.54, 1.807) is 12.1 Å². The van der Waals surface area contributed by atoms with Crippen molar-refractivity contribution in [1.29, 1.82) is 0 Å². The van der Waals surface area contributed by atoms with Crippen molar-refractivity contribution in [2.45, 2.75) is 19.3 Å². The van der Waals surface area contributed by atoms with Crippen LogP contribution in [0.15, 0.2) is 36.4 Å². The standard InChI is InChI=1S/C25H28O16/c1-30-16-10-8-11-17(31-2)20(16)22(26)36-40-38-24(28)34-14-6-5-7-15-35-25(29)39-41-37-23(27)21-18(32-3)12-9-13-19(21)33-4/h8-13H,5-7,14-15H2,1-4H3. The van der Waals surface area contributed by atoms with Gasteiger partial charge in [0.25, 0.3) is 0 Å². The molecule has 0 aliphatic carbocycles. The van der Waals surface area contributed by atoms with Crippen molar-refractivity contribution < 1.29 is 77.2 Å². The minimum Gasteiger partial charge on any atom is -0.496 e. The van der Waals surface area contributed by atoms with Crippen LogP contribution in [0.4, 0.5) is 9.59 Å². The Morgan fingerprint density at radius 2 is 0.854 bits per heavy atom. The number of hydrogen-bond donors (Lipinski definition) is 0. The number of rotatable bonds is 16. The summed E-state index contributed by atoms with van der Waals surface area (Å²) < 4.78 is 29.7. The van der Waals surface area contributed by atoms with Gasteiger partial charge >= 0.3 is 24.2 Å². The van der Waals surface area contributed by atoms with Crippen molar-refractivity contribution in [1.82, 2.24) is 0 Å². The zero-order valence-corrected chi connectivity index (χ0v) is 22.5. The molecule has 0 amide bonds. The van der Waals surface area contributed by atoms with Crippen molar-refractivity contribution in [3.05, 3.63) is 47.5 Å². The molecule has 0 aliphatic heterocycles. The molecule has 16 nitrogen and oxygen atoms in total. The van der Waals surface area contributed by atoms with Gasteiger partial charge in [-0.2, -0.15) is 0 Å². The lowest BCUT2D eigenvalue weighted by Crippen LogP contribution is -2.14. The number of unbranched alkanes of at least 4 members (excludes halogenated alkanes) is 2. The Balaban J connectivity index is 1.54. The monoisotopic (exact) mass is 584 g/mol. The molecular formula is C25H28O16. The minimum absolute atomic E-state index is 0.0770. The molecule has 16 heteroatoms. The number of benzene rings is 2. The molecule has 0 bridgehead atoms. The molecule has 2 aromatic carbocycles. The SMILES string of the molecule is COc1cccc(OC)c1C(=O)OOOC(=O)OCCCCCOC(=O)OOOC(=O)c1c(OC)cccc1OC. The maximum absolute atomic E-state index is 12.2. The lowest BCUT2D eigenvalue weighted by Gasteiger charge is -2.10. The number of methoxy groups -OCH3 is 4. The van der Waals surface area contributed by atoms with Crippen molar-refractivity contribution in [2.24, 2.45) is 0 Å². The fourth-order valence-corrected chi connectivity index (χ4v) is 3.08. The molecule has 0 saturated heterocycles. The van der Waals surface area contributed by atoms with Gasteiger partial charge in [0.15, 0.2) is 0 Å². The molecule has 0 N–H and O–H groups in total. The second-order valence-electron chi connectivity index (χ2n) is 7.38. The molecular weight excluding hydrogens is 556 g/mol. The summed E-state index contributed by atoms with van der Waals surface area (Å²) in [5.74, 6) is -1.47. The van der Waals surface area contributed by atoms with Crippen molar-refractivity contribution in [3.8, 4) is 23.0 Å². The van der Waals surface area contributed by atoms with Gasteiger partial charge in [0.1, 0.15) is 34.1 Å². The van der Waals surface area contributed by atoms with Crippen molar-refractivity contribution >= 4 is 24.2 Å². The van der Waals surface area contributed by atoms with Gasteiger partial charge < -0.3 is 28.4 Å². The van der Waals surface area contributed by atoms with Crippen LogP contribution in [0.5, 0.6) is 23.0 Å². The average molecular weight is 584 g/mol. The highest BCUT2D eigenvalue weighted by Gasteiger charge is 2.23. The summed E-state index contributed by atoms with van der Waals surface area (Å²) in [6, 6.07) is 9.17. The second-order valence-corrected chi connectivity index (χ2v) is 7.38. The smallest absolute Gasteiger partial charge is 0.496 e. The maximum atomic E-state index is 12.2. The first-order valence-electron chi connectivity index (χ1n) is 11.7. The Bertz CT molecular complexity index is 1030. The molecule has 0 unspecified atom stereocenters. The predicted octanol–water partition coefficient (Wildman–Crippen LogP) is 3.90. The van der Waals surface area contributed by atoms with Crippen molar-refractivity contribution in [2.75, 3.05) is 41.7 Å². The van der Waals surface area contributed by atoms with Crippen LogP contribution in [0.1, 0.15) is 40.0 Å². The molecule has 0 aromatic heterocycles. The molecule has 0 atom stereocenters. The Labute approximate surface area is 233 Å². The third kappa shape index (κ3) is 10.3. The van der Waals surface area contributed by atoms with E-state index in [9.17, 15) is 19.2 Å². The first-order valence-corrected chi connectivity index (χ1v) is 11.7. The van der Waals surface area contributed by atoms with E-state index in [1.807, 2.05) is 0 Å². The molecule has 2 rings (SSSR count). The highest BCUT2D eigenvalue weighted by molar-refractivity contribution is 5.95. The molecule has 0 saturated carbocycles. The summed E-state index contributed by atoms with van der Waals surface area (Å²) >= 11 is 0. The molecule has 0 aliphatic rings. The van der Waals surface area contributed by atoms with Crippen LogP contribution in [0.25, 0.3) is 0 Å². The van der Waals surface area contributed by atoms with Gasteiger partial charge in [-0.1, -0.05) is 12.1 Å². The summed E-state index contributed by atoms with van der Waals surface area (Å²) in [5, 5.41) is 8.33. The quantitative estimate of drug-likeness (QED) is 0.120. The molecule has 0 fully saturated rings. The number of carbonyl (C=O) groups excluding carboxylic acids is 4. The number of ether oxygens (including phenoxy) is 6. The summed E-state index contributed by atoms with van der Waals surface area (Å²) in [6.45, 7) is -0.154. The van der Waals surface area contributed by atoms with Crippen LogP contribution in [0.2, 0.25) is 0 Å². The Morgan fingerprint density at radius 1 is 0.512 bits per heavy atom. The average Bonchev–Trinajstić information content (AvgIpc) is 2.99. The Morgan fingerprint density at radius 3 is 1.17 bits per heavy atom. The predicted molar refractivity (Wildman–Crippen MR) is 131 cm³/mol. The summed E-state index contributed by atoms with van der Waals surface area (Å²) in [5.41, 5.74) is -0.164. The topological polar surface area (TPSA) is 179 Å². The highest BCUT2D eigenvalue weighted by Crippen LogP contribution is 2.30. The third-order valence-electron chi connectivity index (χ3n) is 4.92. The number of hydrogen-bond acceptors (Lipinski definition) is 16. The van der Waals surface area contributed by atoms with Crippen LogP contribution >= 0.6 is 0 Å². The molecule has 0 spiro atoms. The van der Waals surface area contributed by atoms with Gasteiger partial charge in [0.05, 0.1) is 51.7 Å². The van der Waals surface area contributed by atoms with Gasteiger partial charge in [-0.05, 0) is 43.5 Å². The van der Waals surface area contributed by atoms with Crippen LogP contribution in [0.3, 0.4) is 0 Å². The van der Waals surface area contributed by atoms with Crippen LogP contribution in [0, 0.1) is 0 Å². The first-order chi connectivity index (χ1) is 19.9. The van der Waals surface area contributed by atoms with E-state index in [-0.39, 0.29) is 47.3 Å². The zero-order chi connectivity index (χ0) is 30.0. The fraction of sp³-hybridized carbons (Fsp3) is 0.360. The van der Waals surface area contributed by atoms with Gasteiger partial charge in [-0.15, -0.1) is 0 Å². The largest absolute Gasteiger partial charge is 0.543 e. The van der Waals surface area contributed by atoms with Crippen molar-refractivity contribution in [3.63, 3.8) is 0 Å². The van der Waals surface area contributed by atoms with E-state index in [1.165, 1.54) is 52.7 Å². The van der Waals surface area contributed by atoms with Crippen LogP contribution in [-0.4, -0.2) is 65.9 Å². The summed E-state index contributed by atoms with van der Waals surface area (Å²) in [4.78, 5) is 64.7. The molecule has 2 aromatic rings. The second kappa shape index (κ2) is 17.6. The van der Waals surface area contributed by atoms with E-state index in [4.69, 9.17) is 28.4 Å². The van der Waals surface area contributed by atoms with Gasteiger partial charge in [-0.3, -0.25) is 9.78 Å². The van der Waals surface area contributed by atoms with Crippen LogP contribution < -0.4 is 18.9 Å². The minimum atomic E-state index is -1.26. The van der Waals surface area contributed by atoms with E-state index in [0.29, 0.717) is 19.3 Å². The third-order valence-corrected chi connectivity index (χ3v) is 4.92. The lowest BCUT2D eigenvalue weighted by atomic mass is 10.2. The molecule has 224 valence electrons. The first kappa shape index (κ1) is 32.3. The van der Waals surface area contributed by atoms with Gasteiger partial charge in [0.2, 0.25) is 0 Å². The van der Waals surface area contributed by atoms with E-state index < -0.39 is 24.2 Å². The van der Waals surface area contributed by atoms with Crippen LogP contribution in [-0.2, 0) is 39.1 Å². The zero-order valence-electron chi connectivity index (χ0n) is 22.5. The highest BCUT2D eigenvalue weighted by atomic mass is 17.5. The lowest BCUT2D eigenvalue weighted by molar-refractivity contribution is -0.452. The van der Waals surface area contributed by atoms with Gasteiger partial charge in [0, 0.05) is 0 Å². The number of carbonyl (C=O) groups is 4.